The molecule has 3 heteroatoms. The van der Waals surface area contributed by atoms with Crippen molar-refractivity contribution in [3.8, 4) is 0 Å². The summed E-state index contributed by atoms with van der Waals surface area (Å²) in [6, 6.07) is 28.7. The SMILES string of the molecule is O=C(NCCSCc1ccccc1)c1ccccc1CCc1ccccc1. The Morgan fingerprint density at radius 1 is 0.741 bits per heavy atom. The smallest absolute Gasteiger partial charge is 0.251 e. The molecule has 0 aromatic heterocycles. The van der Waals surface area contributed by atoms with Gasteiger partial charge in [0.25, 0.3) is 5.91 Å². The van der Waals surface area contributed by atoms with Gasteiger partial charge in [-0.1, -0.05) is 78.9 Å². The molecular weight excluding hydrogens is 350 g/mol. The number of hydrogen-bond donors (Lipinski definition) is 1. The summed E-state index contributed by atoms with van der Waals surface area (Å²) in [6.45, 7) is 0.684. The fraction of sp³-hybridized carbons (Fsp3) is 0.208. The quantitative estimate of drug-likeness (QED) is 0.525. The van der Waals surface area contributed by atoms with Gasteiger partial charge in [-0.25, -0.2) is 0 Å². The number of carbonyl (C=O) groups excluding carboxylic acids is 1. The van der Waals surface area contributed by atoms with Crippen molar-refractivity contribution in [3.63, 3.8) is 0 Å². The molecule has 1 N–H and O–H groups in total. The van der Waals surface area contributed by atoms with E-state index in [1.807, 2.05) is 42.1 Å². The molecule has 2 nitrogen and oxygen atoms in total. The van der Waals surface area contributed by atoms with Crippen LogP contribution in [0.4, 0.5) is 0 Å². The lowest BCUT2D eigenvalue weighted by atomic mass is 9.99. The summed E-state index contributed by atoms with van der Waals surface area (Å²) in [7, 11) is 0. The van der Waals surface area contributed by atoms with Gasteiger partial charge in [0.1, 0.15) is 0 Å². The van der Waals surface area contributed by atoms with E-state index in [1.165, 1.54) is 11.1 Å². The van der Waals surface area contributed by atoms with Gasteiger partial charge >= 0.3 is 0 Å². The van der Waals surface area contributed by atoms with Crippen molar-refractivity contribution in [1.29, 1.82) is 0 Å². The second-order valence-corrected chi connectivity index (χ2v) is 7.54. The van der Waals surface area contributed by atoms with Gasteiger partial charge in [-0.15, -0.1) is 0 Å². The zero-order chi connectivity index (χ0) is 18.7. The zero-order valence-electron chi connectivity index (χ0n) is 15.4. The van der Waals surface area contributed by atoms with Crippen molar-refractivity contribution < 1.29 is 4.79 Å². The first-order valence-corrected chi connectivity index (χ1v) is 10.5. The van der Waals surface area contributed by atoms with Crippen LogP contribution in [-0.2, 0) is 18.6 Å². The van der Waals surface area contributed by atoms with Gasteiger partial charge in [-0.3, -0.25) is 4.79 Å². The highest BCUT2D eigenvalue weighted by atomic mass is 32.2. The van der Waals surface area contributed by atoms with Gasteiger partial charge in [0, 0.05) is 23.6 Å². The third kappa shape index (κ3) is 6.30. The van der Waals surface area contributed by atoms with Crippen LogP contribution in [-0.4, -0.2) is 18.2 Å². The summed E-state index contributed by atoms with van der Waals surface area (Å²) in [6.07, 6.45) is 1.81. The van der Waals surface area contributed by atoms with Crippen molar-refractivity contribution >= 4 is 17.7 Å². The highest BCUT2D eigenvalue weighted by molar-refractivity contribution is 7.98. The topological polar surface area (TPSA) is 29.1 Å². The Balaban J connectivity index is 1.46. The van der Waals surface area contributed by atoms with Gasteiger partial charge in [0.2, 0.25) is 0 Å². The van der Waals surface area contributed by atoms with Crippen LogP contribution in [0.25, 0.3) is 0 Å². The number of benzene rings is 3. The lowest BCUT2D eigenvalue weighted by molar-refractivity contribution is 0.0955. The predicted octanol–water partition coefficient (Wildman–Crippen LogP) is 5.14. The van der Waals surface area contributed by atoms with Gasteiger partial charge < -0.3 is 5.32 Å². The molecular formula is C24H25NOS. The summed E-state index contributed by atoms with van der Waals surface area (Å²) in [5.74, 6) is 1.91. The molecule has 0 aliphatic rings. The van der Waals surface area contributed by atoms with E-state index in [-0.39, 0.29) is 5.91 Å². The van der Waals surface area contributed by atoms with Crippen molar-refractivity contribution in [2.75, 3.05) is 12.3 Å². The summed E-state index contributed by atoms with van der Waals surface area (Å²) in [4.78, 5) is 12.6. The molecule has 0 aliphatic heterocycles. The second kappa shape index (κ2) is 10.6. The molecule has 3 rings (SSSR count). The van der Waals surface area contributed by atoms with E-state index in [1.54, 1.807) is 0 Å². The van der Waals surface area contributed by atoms with Crippen LogP contribution >= 0.6 is 11.8 Å². The lowest BCUT2D eigenvalue weighted by Crippen LogP contribution is -2.26. The minimum absolute atomic E-state index is 0.0268. The molecule has 0 fully saturated rings. The number of aryl methyl sites for hydroxylation is 2. The Bertz CT molecular complexity index is 833. The first kappa shape index (κ1) is 19.2. The lowest BCUT2D eigenvalue weighted by Gasteiger charge is -2.10. The van der Waals surface area contributed by atoms with Crippen molar-refractivity contribution in [2.24, 2.45) is 0 Å². The molecule has 27 heavy (non-hydrogen) atoms. The molecule has 0 unspecified atom stereocenters. The number of thioether (sulfide) groups is 1. The van der Waals surface area contributed by atoms with Gasteiger partial charge in [0.05, 0.1) is 0 Å². The monoisotopic (exact) mass is 375 g/mol. The average Bonchev–Trinajstić information content (AvgIpc) is 2.73. The standard InChI is InChI=1S/C24H25NOS/c26-24(25-17-18-27-19-21-11-5-2-6-12-21)23-14-8-7-13-22(23)16-15-20-9-3-1-4-10-20/h1-14H,15-19H2,(H,25,26). The molecule has 0 radical (unpaired) electrons. The van der Waals surface area contributed by atoms with E-state index in [0.717, 1.165) is 35.5 Å². The Morgan fingerprint density at radius 3 is 2.11 bits per heavy atom. The normalized spacial score (nSPS) is 10.5. The highest BCUT2D eigenvalue weighted by Gasteiger charge is 2.10. The summed E-state index contributed by atoms with van der Waals surface area (Å²) in [5, 5.41) is 3.06. The van der Waals surface area contributed by atoms with Crippen molar-refractivity contribution in [1.82, 2.24) is 5.32 Å². The van der Waals surface area contributed by atoms with E-state index in [0.29, 0.717) is 6.54 Å². The molecule has 0 spiro atoms. The summed E-state index contributed by atoms with van der Waals surface area (Å²) < 4.78 is 0. The van der Waals surface area contributed by atoms with E-state index in [4.69, 9.17) is 0 Å². The van der Waals surface area contributed by atoms with E-state index in [9.17, 15) is 4.79 Å². The van der Waals surface area contributed by atoms with E-state index < -0.39 is 0 Å². The highest BCUT2D eigenvalue weighted by Crippen LogP contribution is 2.14. The van der Waals surface area contributed by atoms with Crippen LogP contribution in [0, 0.1) is 0 Å². The Hall–Kier alpha value is -2.52. The van der Waals surface area contributed by atoms with Crippen LogP contribution in [0.15, 0.2) is 84.9 Å². The average molecular weight is 376 g/mol. The molecule has 3 aromatic rings. The maximum absolute atomic E-state index is 12.6. The molecule has 138 valence electrons. The molecule has 1 amide bonds. The Labute approximate surface area is 166 Å². The van der Waals surface area contributed by atoms with Gasteiger partial charge in [-0.05, 0) is 35.6 Å². The molecule has 0 saturated heterocycles. The number of carbonyl (C=O) groups is 1. The van der Waals surface area contributed by atoms with Crippen molar-refractivity contribution in [2.45, 2.75) is 18.6 Å². The molecule has 3 aromatic carbocycles. The predicted molar refractivity (Wildman–Crippen MR) is 115 cm³/mol. The maximum atomic E-state index is 12.6. The number of hydrogen-bond acceptors (Lipinski definition) is 2. The number of rotatable bonds is 9. The van der Waals surface area contributed by atoms with Crippen molar-refractivity contribution in [3.05, 3.63) is 107 Å². The molecule has 0 saturated carbocycles. The summed E-state index contributed by atoms with van der Waals surface area (Å²) in [5.41, 5.74) is 4.52. The minimum Gasteiger partial charge on any atom is -0.351 e. The van der Waals surface area contributed by atoms with Crippen LogP contribution < -0.4 is 5.32 Å². The fourth-order valence-electron chi connectivity index (χ4n) is 2.98. The first-order chi connectivity index (χ1) is 13.3. The number of nitrogens with one attached hydrogen (secondary N) is 1. The second-order valence-electron chi connectivity index (χ2n) is 6.44. The Morgan fingerprint density at radius 2 is 1.37 bits per heavy atom. The first-order valence-electron chi connectivity index (χ1n) is 9.34. The minimum atomic E-state index is 0.0268. The third-order valence-electron chi connectivity index (χ3n) is 4.43. The molecule has 0 atom stereocenters. The van der Waals surface area contributed by atoms with Crippen LogP contribution in [0.3, 0.4) is 0 Å². The fourth-order valence-corrected chi connectivity index (χ4v) is 3.80. The van der Waals surface area contributed by atoms with E-state index >= 15 is 0 Å². The third-order valence-corrected chi connectivity index (χ3v) is 5.46. The van der Waals surface area contributed by atoms with Gasteiger partial charge in [0.15, 0.2) is 0 Å². The maximum Gasteiger partial charge on any atom is 0.251 e. The van der Waals surface area contributed by atoms with Crippen LogP contribution in [0.2, 0.25) is 0 Å². The number of amides is 1. The van der Waals surface area contributed by atoms with E-state index in [2.05, 4.69) is 59.9 Å². The van der Waals surface area contributed by atoms with Crippen LogP contribution in [0.5, 0.6) is 0 Å². The molecule has 0 aliphatic carbocycles. The Kier molecular flexibility index (Phi) is 7.55. The largest absolute Gasteiger partial charge is 0.351 e. The zero-order valence-corrected chi connectivity index (χ0v) is 16.3. The molecule has 0 heterocycles. The summed E-state index contributed by atoms with van der Waals surface area (Å²) >= 11 is 1.84. The van der Waals surface area contributed by atoms with Crippen LogP contribution in [0.1, 0.15) is 27.0 Å². The molecule has 0 bridgehead atoms. The van der Waals surface area contributed by atoms with Gasteiger partial charge in [-0.2, -0.15) is 11.8 Å².